The summed E-state index contributed by atoms with van der Waals surface area (Å²) in [6.07, 6.45) is 6.60. The Morgan fingerprint density at radius 2 is 1.77 bits per heavy atom. The van der Waals surface area contributed by atoms with Crippen LogP contribution in [0.15, 0.2) is 52.3 Å². The summed E-state index contributed by atoms with van der Waals surface area (Å²) in [6, 6.07) is 9.73. The van der Waals surface area contributed by atoms with E-state index in [9.17, 15) is 9.59 Å². The summed E-state index contributed by atoms with van der Waals surface area (Å²) in [6.45, 7) is 0.219. The van der Waals surface area contributed by atoms with Gasteiger partial charge in [0.25, 0.3) is 0 Å². The second-order valence-corrected chi connectivity index (χ2v) is 7.65. The molecular formula is C18H17BN4O2S. The van der Waals surface area contributed by atoms with Gasteiger partial charge in [-0.2, -0.15) is 0 Å². The van der Waals surface area contributed by atoms with Crippen molar-refractivity contribution >= 4 is 19.2 Å². The summed E-state index contributed by atoms with van der Waals surface area (Å²) in [4.78, 5) is 25.0. The Kier molecular flexibility index (Phi) is 4.36. The van der Waals surface area contributed by atoms with Crippen molar-refractivity contribution in [2.24, 2.45) is 0 Å². The monoisotopic (exact) mass is 364 g/mol. The van der Waals surface area contributed by atoms with Crippen LogP contribution in [-0.2, 0) is 12.0 Å². The predicted octanol–water partition coefficient (Wildman–Crippen LogP) is 1.97. The van der Waals surface area contributed by atoms with Crippen molar-refractivity contribution in [1.82, 2.24) is 19.3 Å². The Labute approximate surface area is 155 Å². The quantitative estimate of drug-likeness (QED) is 0.524. The molecule has 0 aliphatic heterocycles. The van der Waals surface area contributed by atoms with Gasteiger partial charge in [0.2, 0.25) is 0 Å². The van der Waals surface area contributed by atoms with Crippen molar-refractivity contribution in [3.8, 4) is 10.6 Å². The SMILES string of the molecule is [B]C1(n2ccn(Cc3nnc(-c4ccccc4)s3)c(=O)c2=O)CCCC1. The molecule has 2 aromatic heterocycles. The zero-order valence-corrected chi connectivity index (χ0v) is 15.0. The van der Waals surface area contributed by atoms with Gasteiger partial charge in [-0.05, 0) is 12.8 Å². The summed E-state index contributed by atoms with van der Waals surface area (Å²) >= 11 is 1.41. The fraction of sp³-hybridized carbons (Fsp3) is 0.333. The van der Waals surface area contributed by atoms with Crippen molar-refractivity contribution in [3.05, 3.63) is 68.4 Å². The average Bonchev–Trinajstić information content (AvgIpc) is 3.30. The second-order valence-electron chi connectivity index (χ2n) is 6.58. The molecule has 0 atom stereocenters. The van der Waals surface area contributed by atoms with Crippen LogP contribution in [0.5, 0.6) is 0 Å². The molecule has 3 aromatic rings. The lowest BCUT2D eigenvalue weighted by atomic mass is 9.76. The average molecular weight is 364 g/mol. The highest BCUT2D eigenvalue weighted by atomic mass is 32.1. The lowest BCUT2D eigenvalue weighted by Crippen LogP contribution is -2.48. The predicted molar refractivity (Wildman–Crippen MR) is 102 cm³/mol. The van der Waals surface area contributed by atoms with Crippen LogP contribution < -0.4 is 11.1 Å². The molecule has 0 bridgehead atoms. The number of benzene rings is 1. The molecule has 0 unspecified atom stereocenters. The number of nitrogens with zero attached hydrogens (tertiary/aromatic N) is 4. The molecule has 4 rings (SSSR count). The number of rotatable bonds is 4. The molecule has 1 fully saturated rings. The van der Waals surface area contributed by atoms with E-state index in [0.717, 1.165) is 23.4 Å². The standard InChI is InChI=1S/C18H17BN4O2S/c19-18(8-4-5-9-18)23-11-10-22(16(24)17(23)25)12-14-20-21-15(26-14)13-6-2-1-3-7-13/h1-3,6-7,10-11H,4-5,8-9,12H2. The van der Waals surface area contributed by atoms with Crippen molar-refractivity contribution < 1.29 is 0 Å². The maximum atomic E-state index is 12.5. The van der Waals surface area contributed by atoms with Crippen LogP contribution in [0.2, 0.25) is 0 Å². The minimum absolute atomic E-state index is 0.219. The molecule has 2 heterocycles. The molecule has 6 nitrogen and oxygen atoms in total. The fourth-order valence-electron chi connectivity index (χ4n) is 3.37. The van der Waals surface area contributed by atoms with Crippen molar-refractivity contribution in [2.45, 2.75) is 37.7 Å². The minimum atomic E-state index is -0.738. The number of aromatic nitrogens is 4. The fourth-order valence-corrected chi connectivity index (χ4v) is 4.22. The molecule has 0 spiro atoms. The maximum Gasteiger partial charge on any atom is 0.316 e. The van der Waals surface area contributed by atoms with Crippen LogP contribution in [-0.4, -0.2) is 27.2 Å². The van der Waals surface area contributed by atoms with E-state index in [-0.39, 0.29) is 6.54 Å². The maximum absolute atomic E-state index is 12.5. The van der Waals surface area contributed by atoms with E-state index < -0.39 is 16.6 Å². The van der Waals surface area contributed by atoms with Crippen molar-refractivity contribution in [2.75, 3.05) is 0 Å². The third-order valence-corrected chi connectivity index (χ3v) is 5.76. The molecule has 8 heteroatoms. The third kappa shape index (κ3) is 3.05. The Morgan fingerprint density at radius 3 is 2.50 bits per heavy atom. The Bertz CT molecular complexity index is 1040. The van der Waals surface area contributed by atoms with Gasteiger partial charge in [-0.1, -0.05) is 54.5 Å². The molecule has 1 aliphatic carbocycles. The van der Waals surface area contributed by atoms with E-state index in [0.29, 0.717) is 17.8 Å². The van der Waals surface area contributed by atoms with E-state index in [1.165, 1.54) is 20.5 Å². The highest BCUT2D eigenvalue weighted by molar-refractivity contribution is 7.14. The first-order valence-corrected chi connectivity index (χ1v) is 9.38. The summed E-state index contributed by atoms with van der Waals surface area (Å²) in [5.41, 5.74) is -0.922. The van der Waals surface area contributed by atoms with E-state index in [4.69, 9.17) is 7.85 Å². The van der Waals surface area contributed by atoms with Crippen LogP contribution in [0.1, 0.15) is 30.7 Å². The zero-order chi connectivity index (χ0) is 18.1. The van der Waals surface area contributed by atoms with Gasteiger partial charge in [-0.3, -0.25) is 9.59 Å². The Hall–Kier alpha value is -2.48. The first kappa shape index (κ1) is 17.0. The van der Waals surface area contributed by atoms with Crippen LogP contribution in [0.25, 0.3) is 10.6 Å². The number of hydrogen-bond donors (Lipinski definition) is 0. The van der Waals surface area contributed by atoms with Gasteiger partial charge < -0.3 is 9.13 Å². The van der Waals surface area contributed by atoms with Gasteiger partial charge in [0, 0.05) is 23.4 Å². The minimum Gasteiger partial charge on any atom is -0.312 e. The van der Waals surface area contributed by atoms with Gasteiger partial charge in [0.1, 0.15) is 17.9 Å². The van der Waals surface area contributed by atoms with Crippen molar-refractivity contribution in [1.29, 1.82) is 0 Å². The first-order chi connectivity index (χ1) is 12.6. The molecular weight excluding hydrogens is 347 g/mol. The molecule has 0 amide bonds. The summed E-state index contributed by atoms with van der Waals surface area (Å²) in [7, 11) is 6.32. The normalized spacial score (nSPS) is 16.0. The van der Waals surface area contributed by atoms with Crippen molar-refractivity contribution in [3.63, 3.8) is 0 Å². The highest BCUT2D eigenvalue weighted by Gasteiger charge is 2.31. The van der Waals surface area contributed by atoms with Gasteiger partial charge in [0.05, 0.1) is 6.54 Å². The lowest BCUT2D eigenvalue weighted by Gasteiger charge is -2.27. The molecule has 0 saturated heterocycles. The molecule has 0 N–H and O–H groups in total. The second kappa shape index (κ2) is 6.68. The van der Waals surface area contributed by atoms with Gasteiger partial charge in [0.15, 0.2) is 0 Å². The zero-order valence-electron chi connectivity index (χ0n) is 14.2. The molecule has 1 saturated carbocycles. The topological polar surface area (TPSA) is 69.8 Å². The Morgan fingerprint density at radius 1 is 1.04 bits per heavy atom. The van der Waals surface area contributed by atoms with Crippen LogP contribution in [0.4, 0.5) is 0 Å². The van der Waals surface area contributed by atoms with E-state index in [1.807, 2.05) is 30.3 Å². The third-order valence-electron chi connectivity index (χ3n) is 4.80. The summed E-state index contributed by atoms with van der Waals surface area (Å²) in [5, 5.41) is 9.78. The first-order valence-electron chi connectivity index (χ1n) is 8.56. The smallest absolute Gasteiger partial charge is 0.312 e. The van der Waals surface area contributed by atoms with Crippen LogP contribution >= 0.6 is 11.3 Å². The number of hydrogen-bond acceptors (Lipinski definition) is 5. The van der Waals surface area contributed by atoms with E-state index >= 15 is 0 Å². The van der Waals surface area contributed by atoms with Gasteiger partial charge in [-0.25, -0.2) is 0 Å². The van der Waals surface area contributed by atoms with Gasteiger partial charge >= 0.3 is 11.1 Å². The molecule has 1 aromatic carbocycles. The summed E-state index contributed by atoms with van der Waals surface area (Å²) in [5.74, 6) is 0. The van der Waals surface area contributed by atoms with Crippen LogP contribution in [0.3, 0.4) is 0 Å². The largest absolute Gasteiger partial charge is 0.316 e. The lowest BCUT2D eigenvalue weighted by molar-refractivity contribution is 0.420. The van der Waals surface area contributed by atoms with E-state index in [2.05, 4.69) is 10.2 Å². The highest BCUT2D eigenvalue weighted by Crippen LogP contribution is 2.32. The van der Waals surface area contributed by atoms with E-state index in [1.54, 1.807) is 12.4 Å². The molecule has 130 valence electrons. The molecule has 1 aliphatic rings. The van der Waals surface area contributed by atoms with Crippen LogP contribution in [0, 0.1) is 0 Å². The van der Waals surface area contributed by atoms with Gasteiger partial charge in [-0.15, -0.1) is 10.2 Å². The molecule has 26 heavy (non-hydrogen) atoms. The Balaban J connectivity index is 1.62. The molecule has 2 radical (unpaired) electrons. The summed E-state index contributed by atoms with van der Waals surface area (Å²) < 4.78 is 2.76.